The van der Waals surface area contributed by atoms with Crippen molar-refractivity contribution in [3.8, 4) is 0 Å². The summed E-state index contributed by atoms with van der Waals surface area (Å²) in [6.45, 7) is 2.37. The van der Waals surface area contributed by atoms with Crippen LogP contribution in [0.15, 0.2) is 24.3 Å². The number of likely N-dealkylation sites (tertiary alicyclic amines) is 1. The van der Waals surface area contributed by atoms with Crippen molar-refractivity contribution in [1.29, 1.82) is 0 Å². The Morgan fingerprint density at radius 1 is 1.39 bits per heavy atom. The number of hydrogen-bond donors (Lipinski definition) is 2. The van der Waals surface area contributed by atoms with Crippen LogP contribution in [0.5, 0.6) is 0 Å². The van der Waals surface area contributed by atoms with E-state index in [-0.39, 0.29) is 30.3 Å². The molecule has 0 saturated carbocycles. The summed E-state index contributed by atoms with van der Waals surface area (Å²) in [4.78, 5) is 36.2. The van der Waals surface area contributed by atoms with E-state index in [2.05, 4.69) is 10.6 Å². The minimum Gasteiger partial charge on any atom is -0.350 e. The van der Waals surface area contributed by atoms with Gasteiger partial charge in [-0.2, -0.15) is 0 Å². The number of amides is 3. The predicted molar refractivity (Wildman–Crippen MR) is 87.0 cm³/mol. The van der Waals surface area contributed by atoms with Crippen molar-refractivity contribution < 1.29 is 14.4 Å². The van der Waals surface area contributed by atoms with Crippen LogP contribution in [0.4, 0.5) is 0 Å². The van der Waals surface area contributed by atoms with Crippen molar-refractivity contribution in [2.75, 3.05) is 19.6 Å². The van der Waals surface area contributed by atoms with E-state index in [0.29, 0.717) is 24.5 Å². The summed E-state index contributed by atoms with van der Waals surface area (Å²) in [5.41, 5.74) is 1.07. The Kier molecular flexibility index (Phi) is 5.98. The smallest absolute Gasteiger partial charge is 0.239 e. The quantitative estimate of drug-likeness (QED) is 0.803. The van der Waals surface area contributed by atoms with Gasteiger partial charge in [-0.3, -0.25) is 14.4 Å². The fourth-order valence-corrected chi connectivity index (χ4v) is 2.74. The van der Waals surface area contributed by atoms with E-state index in [4.69, 9.17) is 11.6 Å². The molecular formula is C16H20ClN3O3. The summed E-state index contributed by atoms with van der Waals surface area (Å²) in [5.74, 6) is -0.516. The molecule has 2 N–H and O–H groups in total. The van der Waals surface area contributed by atoms with Crippen molar-refractivity contribution in [3.63, 3.8) is 0 Å². The highest BCUT2D eigenvalue weighted by Crippen LogP contribution is 2.14. The van der Waals surface area contributed by atoms with Gasteiger partial charge >= 0.3 is 0 Å². The Bertz CT molecular complexity index is 606. The number of carbonyl (C=O) groups is 3. The van der Waals surface area contributed by atoms with Crippen molar-refractivity contribution >= 4 is 29.3 Å². The largest absolute Gasteiger partial charge is 0.350 e. The molecule has 1 aromatic carbocycles. The van der Waals surface area contributed by atoms with Crippen LogP contribution in [-0.2, 0) is 20.8 Å². The van der Waals surface area contributed by atoms with E-state index in [9.17, 15) is 14.4 Å². The number of hydrogen-bond acceptors (Lipinski definition) is 3. The van der Waals surface area contributed by atoms with Crippen LogP contribution >= 0.6 is 11.6 Å². The number of halogens is 1. The van der Waals surface area contributed by atoms with Gasteiger partial charge in [0.1, 0.15) is 0 Å². The summed E-state index contributed by atoms with van der Waals surface area (Å²) in [6, 6.07) is 7.35. The van der Waals surface area contributed by atoms with E-state index in [0.717, 1.165) is 12.0 Å². The molecule has 2 rings (SSSR count). The fraction of sp³-hybridized carbons (Fsp3) is 0.438. The maximum Gasteiger partial charge on any atom is 0.239 e. The van der Waals surface area contributed by atoms with Gasteiger partial charge in [-0.1, -0.05) is 23.7 Å². The molecule has 1 atom stereocenters. The molecule has 7 heteroatoms. The molecule has 1 unspecified atom stereocenters. The van der Waals surface area contributed by atoms with Crippen LogP contribution in [0.25, 0.3) is 0 Å². The summed E-state index contributed by atoms with van der Waals surface area (Å²) in [6.07, 6.45) is 1.01. The van der Waals surface area contributed by atoms with Gasteiger partial charge < -0.3 is 15.5 Å². The average molecular weight is 338 g/mol. The summed E-state index contributed by atoms with van der Waals surface area (Å²) in [5, 5.41) is 5.88. The Labute approximate surface area is 140 Å². The van der Waals surface area contributed by atoms with Gasteiger partial charge in [0.15, 0.2) is 0 Å². The third-order valence-corrected chi connectivity index (χ3v) is 3.87. The molecule has 0 spiro atoms. The molecule has 0 bridgehead atoms. The predicted octanol–water partition coefficient (Wildman–Crippen LogP) is 0.736. The molecule has 124 valence electrons. The third kappa shape index (κ3) is 5.56. The fourth-order valence-electron chi connectivity index (χ4n) is 2.52. The Hall–Kier alpha value is -2.08. The van der Waals surface area contributed by atoms with E-state index in [1.807, 2.05) is 24.3 Å². The summed E-state index contributed by atoms with van der Waals surface area (Å²) in [7, 11) is 0. The van der Waals surface area contributed by atoms with Crippen LogP contribution in [0.2, 0.25) is 5.02 Å². The van der Waals surface area contributed by atoms with Crippen LogP contribution in [0.3, 0.4) is 0 Å². The van der Waals surface area contributed by atoms with Gasteiger partial charge in [0, 0.05) is 31.5 Å². The number of rotatable bonds is 6. The van der Waals surface area contributed by atoms with Crippen molar-refractivity contribution in [1.82, 2.24) is 15.5 Å². The number of nitrogens with one attached hydrogen (secondary N) is 2. The first-order chi connectivity index (χ1) is 10.9. The van der Waals surface area contributed by atoms with Gasteiger partial charge in [-0.25, -0.2) is 0 Å². The monoisotopic (exact) mass is 337 g/mol. The zero-order valence-corrected chi connectivity index (χ0v) is 13.7. The highest BCUT2D eigenvalue weighted by atomic mass is 35.5. The lowest BCUT2D eigenvalue weighted by Crippen LogP contribution is -2.42. The second-order valence-corrected chi connectivity index (χ2v) is 6.03. The molecule has 3 amide bonds. The van der Waals surface area contributed by atoms with Gasteiger partial charge in [-0.15, -0.1) is 0 Å². The molecule has 1 aromatic rings. The molecule has 0 aromatic heterocycles. The Morgan fingerprint density at radius 2 is 2.17 bits per heavy atom. The van der Waals surface area contributed by atoms with E-state index in [1.54, 1.807) is 4.90 Å². The second-order valence-electron chi connectivity index (χ2n) is 5.60. The average Bonchev–Trinajstić information content (AvgIpc) is 2.83. The van der Waals surface area contributed by atoms with Crippen LogP contribution < -0.4 is 10.6 Å². The molecule has 1 saturated heterocycles. The lowest BCUT2D eigenvalue weighted by Gasteiger charge is -2.17. The van der Waals surface area contributed by atoms with Crippen LogP contribution in [0, 0.1) is 0 Å². The Morgan fingerprint density at radius 3 is 2.87 bits per heavy atom. The van der Waals surface area contributed by atoms with Gasteiger partial charge in [0.2, 0.25) is 17.7 Å². The van der Waals surface area contributed by atoms with Crippen LogP contribution in [-0.4, -0.2) is 48.3 Å². The number of carbonyl (C=O) groups excluding carboxylic acids is 3. The van der Waals surface area contributed by atoms with Gasteiger partial charge in [0.05, 0.1) is 12.6 Å². The van der Waals surface area contributed by atoms with E-state index >= 15 is 0 Å². The highest BCUT2D eigenvalue weighted by molar-refractivity contribution is 6.30. The highest BCUT2D eigenvalue weighted by Gasteiger charge is 2.30. The summed E-state index contributed by atoms with van der Waals surface area (Å²) >= 11 is 5.94. The molecule has 1 heterocycles. The zero-order valence-electron chi connectivity index (χ0n) is 13.0. The SMILES string of the molecule is CC(=O)NCC(=O)NC1CC(=O)N(CCc2cccc(Cl)c2)C1. The van der Waals surface area contributed by atoms with Gasteiger partial charge in [-0.05, 0) is 24.1 Å². The van der Waals surface area contributed by atoms with Crippen LogP contribution in [0.1, 0.15) is 18.9 Å². The molecule has 23 heavy (non-hydrogen) atoms. The topological polar surface area (TPSA) is 78.5 Å². The maximum absolute atomic E-state index is 12.0. The molecule has 1 fully saturated rings. The minimum absolute atomic E-state index is 0.0249. The summed E-state index contributed by atoms with van der Waals surface area (Å²) < 4.78 is 0. The molecule has 1 aliphatic heterocycles. The first-order valence-corrected chi connectivity index (χ1v) is 7.88. The molecule has 0 radical (unpaired) electrons. The normalized spacial score (nSPS) is 17.2. The minimum atomic E-state index is -0.283. The van der Waals surface area contributed by atoms with Gasteiger partial charge in [0.25, 0.3) is 0 Å². The molecular weight excluding hydrogens is 318 g/mol. The maximum atomic E-state index is 12.0. The standard InChI is InChI=1S/C16H20ClN3O3/c1-11(21)18-9-15(22)19-14-8-16(23)20(10-14)6-5-12-3-2-4-13(17)7-12/h2-4,7,14H,5-6,8-10H2,1H3,(H,18,21)(H,19,22). The van der Waals surface area contributed by atoms with Crippen molar-refractivity contribution in [3.05, 3.63) is 34.9 Å². The first-order valence-electron chi connectivity index (χ1n) is 7.50. The zero-order chi connectivity index (χ0) is 16.8. The molecule has 1 aliphatic rings. The third-order valence-electron chi connectivity index (χ3n) is 3.64. The molecule has 6 nitrogen and oxygen atoms in total. The van der Waals surface area contributed by atoms with Crippen molar-refractivity contribution in [2.45, 2.75) is 25.8 Å². The van der Waals surface area contributed by atoms with Crippen molar-refractivity contribution in [2.24, 2.45) is 0 Å². The first kappa shape index (κ1) is 17.3. The lowest BCUT2D eigenvalue weighted by atomic mass is 10.1. The van der Waals surface area contributed by atoms with E-state index in [1.165, 1.54) is 6.92 Å². The second kappa shape index (κ2) is 7.97. The van der Waals surface area contributed by atoms with E-state index < -0.39 is 0 Å². The number of benzene rings is 1. The number of nitrogens with zero attached hydrogens (tertiary/aromatic N) is 1. The lowest BCUT2D eigenvalue weighted by molar-refractivity contribution is -0.127. The Balaban J connectivity index is 1.78. The molecule has 0 aliphatic carbocycles.